The highest BCUT2D eigenvalue weighted by molar-refractivity contribution is 5.51. The fraction of sp³-hybridized carbons (Fsp3) is 0.625. The van der Waals surface area contributed by atoms with E-state index in [4.69, 9.17) is 0 Å². The second-order valence-electron chi connectivity index (χ2n) is 5.96. The highest BCUT2D eigenvalue weighted by Gasteiger charge is 2.23. The summed E-state index contributed by atoms with van der Waals surface area (Å²) in [7, 11) is 0. The van der Waals surface area contributed by atoms with Crippen LogP contribution in [0.2, 0.25) is 0 Å². The Bertz CT molecular complexity index is 392. The monoisotopic (exact) mass is 249 g/mol. The first-order chi connectivity index (χ1) is 8.56. The van der Waals surface area contributed by atoms with Gasteiger partial charge in [-0.25, -0.2) is 4.39 Å². The maximum atomic E-state index is 13.0. The Morgan fingerprint density at radius 1 is 1.17 bits per heavy atom. The smallest absolute Gasteiger partial charge is 0.123 e. The van der Waals surface area contributed by atoms with Crippen molar-refractivity contribution in [2.75, 3.05) is 5.32 Å². The van der Waals surface area contributed by atoms with Crippen molar-refractivity contribution >= 4 is 5.69 Å². The van der Waals surface area contributed by atoms with E-state index in [1.165, 1.54) is 31.7 Å². The Balaban J connectivity index is 1.91. The molecule has 1 aromatic rings. The minimum atomic E-state index is -0.151. The largest absolute Gasteiger partial charge is 0.382 e. The molecule has 1 saturated carbocycles. The van der Waals surface area contributed by atoms with Gasteiger partial charge in [0.2, 0.25) is 0 Å². The molecule has 0 heterocycles. The number of aryl methyl sites for hydroxylation is 1. The lowest BCUT2D eigenvalue weighted by Gasteiger charge is -2.32. The second-order valence-corrected chi connectivity index (χ2v) is 5.96. The van der Waals surface area contributed by atoms with E-state index in [0.29, 0.717) is 6.04 Å². The molecule has 1 fully saturated rings. The van der Waals surface area contributed by atoms with Crippen molar-refractivity contribution in [2.45, 2.75) is 52.5 Å². The van der Waals surface area contributed by atoms with E-state index < -0.39 is 0 Å². The molecule has 18 heavy (non-hydrogen) atoms. The minimum Gasteiger partial charge on any atom is -0.382 e. The molecule has 0 radical (unpaired) electrons. The molecule has 0 saturated heterocycles. The summed E-state index contributed by atoms with van der Waals surface area (Å²) in [5.74, 6) is 1.54. The molecular formula is C16H24FN. The molecule has 1 aromatic carbocycles. The summed E-state index contributed by atoms with van der Waals surface area (Å²) in [6, 6.07) is 5.56. The first-order valence-electron chi connectivity index (χ1n) is 7.09. The molecule has 0 aromatic heterocycles. The highest BCUT2D eigenvalue weighted by Crippen LogP contribution is 2.31. The molecule has 0 spiro atoms. The average molecular weight is 249 g/mol. The van der Waals surface area contributed by atoms with Crippen molar-refractivity contribution in [3.63, 3.8) is 0 Å². The Morgan fingerprint density at radius 2 is 1.83 bits per heavy atom. The van der Waals surface area contributed by atoms with Crippen LogP contribution in [0.15, 0.2) is 18.2 Å². The van der Waals surface area contributed by atoms with Crippen LogP contribution in [0.25, 0.3) is 0 Å². The molecule has 0 bridgehead atoms. The minimum absolute atomic E-state index is 0.151. The molecule has 0 unspecified atom stereocenters. The van der Waals surface area contributed by atoms with Gasteiger partial charge in [-0.2, -0.15) is 0 Å². The summed E-state index contributed by atoms with van der Waals surface area (Å²) in [5.41, 5.74) is 2.09. The van der Waals surface area contributed by atoms with Gasteiger partial charge in [-0.3, -0.25) is 0 Å². The van der Waals surface area contributed by atoms with Gasteiger partial charge in [0.1, 0.15) is 5.82 Å². The van der Waals surface area contributed by atoms with Gasteiger partial charge in [-0.15, -0.1) is 0 Å². The maximum absolute atomic E-state index is 13.0. The maximum Gasteiger partial charge on any atom is 0.123 e. The number of hydrogen-bond acceptors (Lipinski definition) is 1. The van der Waals surface area contributed by atoms with Crippen LogP contribution in [-0.2, 0) is 0 Å². The van der Waals surface area contributed by atoms with E-state index in [1.54, 1.807) is 6.07 Å². The highest BCUT2D eigenvalue weighted by atomic mass is 19.1. The third-order valence-electron chi connectivity index (χ3n) is 4.26. The zero-order chi connectivity index (χ0) is 13.1. The van der Waals surface area contributed by atoms with E-state index in [9.17, 15) is 4.39 Å². The van der Waals surface area contributed by atoms with E-state index in [2.05, 4.69) is 19.2 Å². The van der Waals surface area contributed by atoms with Gasteiger partial charge < -0.3 is 5.32 Å². The van der Waals surface area contributed by atoms with Gasteiger partial charge in [0, 0.05) is 11.7 Å². The standard InChI is InChI=1S/C16H24FN/c1-11(2)13-4-7-15(8-5-13)18-16-9-6-14(17)10-12(16)3/h6,9-11,13,15,18H,4-5,7-8H2,1-3H3. The van der Waals surface area contributed by atoms with E-state index in [0.717, 1.165) is 23.1 Å². The quantitative estimate of drug-likeness (QED) is 0.814. The third kappa shape index (κ3) is 3.24. The van der Waals surface area contributed by atoms with Crippen LogP contribution in [0, 0.1) is 24.6 Å². The molecule has 0 atom stereocenters. The van der Waals surface area contributed by atoms with Crippen LogP contribution in [0.3, 0.4) is 0 Å². The molecule has 1 aliphatic carbocycles. The summed E-state index contributed by atoms with van der Waals surface area (Å²) in [6.45, 7) is 6.61. The molecule has 100 valence electrons. The Morgan fingerprint density at radius 3 is 2.39 bits per heavy atom. The third-order valence-corrected chi connectivity index (χ3v) is 4.26. The van der Waals surface area contributed by atoms with Crippen molar-refractivity contribution in [2.24, 2.45) is 11.8 Å². The summed E-state index contributed by atoms with van der Waals surface area (Å²) in [4.78, 5) is 0. The van der Waals surface area contributed by atoms with E-state index in [1.807, 2.05) is 13.0 Å². The van der Waals surface area contributed by atoms with E-state index >= 15 is 0 Å². The Hall–Kier alpha value is -1.05. The second kappa shape index (κ2) is 5.73. The zero-order valence-corrected chi connectivity index (χ0v) is 11.7. The summed E-state index contributed by atoms with van der Waals surface area (Å²) in [6.07, 6.45) is 5.10. The van der Waals surface area contributed by atoms with Gasteiger partial charge in [0.05, 0.1) is 0 Å². The number of anilines is 1. The van der Waals surface area contributed by atoms with Crippen LogP contribution >= 0.6 is 0 Å². The van der Waals surface area contributed by atoms with Crippen molar-refractivity contribution < 1.29 is 4.39 Å². The first kappa shape index (κ1) is 13.4. The molecule has 1 N–H and O–H groups in total. The number of halogens is 1. The van der Waals surface area contributed by atoms with Crippen molar-refractivity contribution in [1.82, 2.24) is 0 Å². The van der Waals surface area contributed by atoms with Gasteiger partial charge in [-0.05, 0) is 68.2 Å². The molecule has 2 rings (SSSR count). The van der Waals surface area contributed by atoms with Gasteiger partial charge in [-0.1, -0.05) is 13.8 Å². The number of benzene rings is 1. The van der Waals surface area contributed by atoms with Crippen molar-refractivity contribution in [3.8, 4) is 0 Å². The van der Waals surface area contributed by atoms with Crippen LogP contribution in [0.5, 0.6) is 0 Å². The van der Waals surface area contributed by atoms with Gasteiger partial charge in [0.25, 0.3) is 0 Å². The molecule has 1 nitrogen and oxygen atoms in total. The lowest BCUT2D eigenvalue weighted by atomic mass is 9.79. The van der Waals surface area contributed by atoms with Crippen LogP contribution < -0.4 is 5.32 Å². The van der Waals surface area contributed by atoms with Crippen LogP contribution in [-0.4, -0.2) is 6.04 Å². The predicted molar refractivity (Wildman–Crippen MR) is 75.3 cm³/mol. The van der Waals surface area contributed by atoms with Crippen molar-refractivity contribution in [1.29, 1.82) is 0 Å². The predicted octanol–water partition coefficient (Wildman–Crippen LogP) is 4.76. The Labute approximate surface area is 110 Å². The molecule has 0 amide bonds. The fourth-order valence-corrected chi connectivity index (χ4v) is 2.94. The topological polar surface area (TPSA) is 12.0 Å². The first-order valence-corrected chi connectivity index (χ1v) is 7.09. The average Bonchev–Trinajstić information content (AvgIpc) is 2.33. The molecular weight excluding hydrogens is 225 g/mol. The summed E-state index contributed by atoms with van der Waals surface area (Å²) < 4.78 is 13.0. The lowest BCUT2D eigenvalue weighted by molar-refractivity contribution is 0.267. The van der Waals surface area contributed by atoms with Crippen LogP contribution in [0.1, 0.15) is 45.1 Å². The SMILES string of the molecule is Cc1cc(F)ccc1NC1CCC(C(C)C)CC1. The number of rotatable bonds is 3. The lowest BCUT2D eigenvalue weighted by Crippen LogP contribution is -2.28. The number of hydrogen-bond donors (Lipinski definition) is 1. The van der Waals surface area contributed by atoms with Crippen LogP contribution in [0.4, 0.5) is 10.1 Å². The van der Waals surface area contributed by atoms with Gasteiger partial charge >= 0.3 is 0 Å². The Kier molecular flexibility index (Phi) is 4.26. The molecule has 1 aliphatic rings. The van der Waals surface area contributed by atoms with Gasteiger partial charge in [0.15, 0.2) is 0 Å². The molecule has 0 aliphatic heterocycles. The normalized spacial score (nSPS) is 24.3. The summed E-state index contributed by atoms with van der Waals surface area (Å²) in [5, 5.41) is 3.57. The van der Waals surface area contributed by atoms with Crippen molar-refractivity contribution in [3.05, 3.63) is 29.6 Å². The number of nitrogens with one attached hydrogen (secondary N) is 1. The molecule has 2 heteroatoms. The van der Waals surface area contributed by atoms with E-state index in [-0.39, 0.29) is 5.82 Å². The fourth-order valence-electron chi connectivity index (χ4n) is 2.94. The summed E-state index contributed by atoms with van der Waals surface area (Å²) >= 11 is 0. The zero-order valence-electron chi connectivity index (χ0n) is 11.7.